The van der Waals surface area contributed by atoms with Crippen molar-refractivity contribution in [3.05, 3.63) is 18.0 Å². The molecule has 2 rings (SSSR count). The van der Waals surface area contributed by atoms with Crippen molar-refractivity contribution < 1.29 is 26.4 Å². The van der Waals surface area contributed by atoms with Crippen molar-refractivity contribution in [3.8, 4) is 0 Å². The number of halogens is 3. The van der Waals surface area contributed by atoms with Crippen molar-refractivity contribution in [1.29, 1.82) is 0 Å². The van der Waals surface area contributed by atoms with Crippen molar-refractivity contribution in [1.82, 2.24) is 19.4 Å². The molecule has 1 aliphatic rings. The highest BCUT2D eigenvalue weighted by atomic mass is 32.2. The largest absolute Gasteiger partial charge is 0.435 e. The van der Waals surface area contributed by atoms with Gasteiger partial charge in [0.1, 0.15) is 6.54 Å². The van der Waals surface area contributed by atoms with Gasteiger partial charge in [0, 0.05) is 25.3 Å². The summed E-state index contributed by atoms with van der Waals surface area (Å²) in [5.74, 6) is -0.279. The van der Waals surface area contributed by atoms with Crippen molar-refractivity contribution in [2.45, 2.75) is 44.9 Å². The Hall–Kier alpha value is -1.62. The van der Waals surface area contributed by atoms with Gasteiger partial charge in [-0.3, -0.25) is 9.48 Å². The van der Waals surface area contributed by atoms with Crippen molar-refractivity contribution in [2.75, 3.05) is 18.8 Å². The maximum Gasteiger partial charge on any atom is 0.435 e. The molecule has 1 fully saturated rings. The lowest BCUT2D eigenvalue weighted by atomic mass is 10.1. The number of aromatic nitrogens is 2. The van der Waals surface area contributed by atoms with Crippen LogP contribution in [0.5, 0.6) is 0 Å². The number of hydrogen-bond donors (Lipinski definition) is 1. The molecule has 0 aromatic carbocycles. The molecule has 7 nitrogen and oxygen atoms in total. The summed E-state index contributed by atoms with van der Waals surface area (Å²) in [5, 5.41) is 3.35. The second kappa shape index (κ2) is 7.73. The Labute approximate surface area is 144 Å². The predicted molar refractivity (Wildman–Crippen MR) is 84.0 cm³/mol. The molecule has 2 heterocycles. The van der Waals surface area contributed by atoms with E-state index in [1.165, 1.54) is 4.90 Å². The average Bonchev–Trinajstić information content (AvgIpc) is 2.96. The summed E-state index contributed by atoms with van der Waals surface area (Å²) in [6, 6.07) is 0.601. The zero-order valence-corrected chi connectivity index (χ0v) is 14.6. The van der Waals surface area contributed by atoms with Gasteiger partial charge in [0.25, 0.3) is 0 Å². The molecule has 0 aliphatic carbocycles. The average molecular weight is 382 g/mol. The van der Waals surface area contributed by atoms with E-state index in [1.807, 2.05) is 0 Å². The molecule has 1 aliphatic heterocycles. The number of nitrogens with zero attached hydrogens (tertiary/aromatic N) is 3. The number of carbonyl (C=O) groups excluding carboxylic acids is 1. The summed E-state index contributed by atoms with van der Waals surface area (Å²) in [5.41, 5.74) is -1.04. The third-order valence-corrected chi connectivity index (χ3v) is 5.53. The fraction of sp³-hybridized carbons (Fsp3) is 0.714. The monoisotopic (exact) mass is 382 g/mol. The first-order valence-electron chi connectivity index (χ1n) is 7.99. The van der Waals surface area contributed by atoms with E-state index in [1.54, 1.807) is 6.92 Å². The molecule has 1 aromatic rings. The summed E-state index contributed by atoms with van der Waals surface area (Å²) in [7, 11) is -3.30. The molecule has 0 radical (unpaired) electrons. The van der Waals surface area contributed by atoms with E-state index in [0.717, 1.165) is 16.9 Å². The van der Waals surface area contributed by atoms with Gasteiger partial charge < -0.3 is 4.90 Å². The van der Waals surface area contributed by atoms with E-state index in [0.29, 0.717) is 32.4 Å². The van der Waals surface area contributed by atoms with Gasteiger partial charge >= 0.3 is 6.18 Å². The SMILES string of the molecule is CCCS(=O)(=O)NC1CCN(C(=O)Cn2ccc(C(F)(F)F)n2)CC1. The fourth-order valence-electron chi connectivity index (χ4n) is 2.67. The van der Waals surface area contributed by atoms with Crippen LogP contribution in [0.15, 0.2) is 12.3 Å². The molecular weight excluding hydrogens is 361 g/mol. The lowest BCUT2D eigenvalue weighted by Gasteiger charge is -2.32. The Kier molecular flexibility index (Phi) is 6.09. The first-order valence-corrected chi connectivity index (χ1v) is 9.64. The summed E-state index contributed by atoms with van der Waals surface area (Å²) in [4.78, 5) is 13.7. The molecule has 1 amide bonds. The summed E-state index contributed by atoms with van der Waals surface area (Å²) in [6.45, 7) is 2.21. The molecule has 1 N–H and O–H groups in total. The van der Waals surface area contributed by atoms with Gasteiger partial charge in [-0.2, -0.15) is 18.3 Å². The van der Waals surface area contributed by atoms with Crippen molar-refractivity contribution >= 4 is 15.9 Å². The smallest absolute Gasteiger partial charge is 0.341 e. The minimum Gasteiger partial charge on any atom is -0.341 e. The number of sulfonamides is 1. The molecule has 11 heteroatoms. The van der Waals surface area contributed by atoms with Gasteiger partial charge in [-0.1, -0.05) is 6.92 Å². The van der Waals surface area contributed by atoms with Crippen LogP contribution in [0.1, 0.15) is 31.9 Å². The maximum absolute atomic E-state index is 12.5. The third kappa shape index (κ3) is 5.70. The lowest BCUT2D eigenvalue weighted by molar-refractivity contribution is -0.142. The van der Waals surface area contributed by atoms with Gasteiger partial charge in [0.2, 0.25) is 15.9 Å². The van der Waals surface area contributed by atoms with Gasteiger partial charge in [-0.25, -0.2) is 13.1 Å². The number of alkyl halides is 3. The predicted octanol–water partition coefficient (Wildman–Crippen LogP) is 1.22. The number of rotatable bonds is 6. The highest BCUT2D eigenvalue weighted by Gasteiger charge is 2.34. The quantitative estimate of drug-likeness (QED) is 0.802. The van der Waals surface area contributed by atoms with Gasteiger partial charge in [0.15, 0.2) is 5.69 Å². The summed E-state index contributed by atoms with van der Waals surface area (Å²) in [6.07, 6.45) is -1.95. The van der Waals surface area contributed by atoms with E-state index in [9.17, 15) is 26.4 Å². The lowest BCUT2D eigenvalue weighted by Crippen LogP contribution is -2.47. The molecule has 142 valence electrons. The van der Waals surface area contributed by atoms with E-state index in [-0.39, 0.29) is 24.2 Å². The molecule has 0 atom stereocenters. The number of nitrogens with one attached hydrogen (secondary N) is 1. The van der Waals surface area contributed by atoms with E-state index in [4.69, 9.17) is 0 Å². The van der Waals surface area contributed by atoms with Crippen LogP contribution in [0.2, 0.25) is 0 Å². The van der Waals surface area contributed by atoms with Crippen molar-refractivity contribution in [2.24, 2.45) is 0 Å². The molecule has 25 heavy (non-hydrogen) atoms. The molecule has 1 aromatic heterocycles. The Morgan fingerprint density at radius 3 is 2.52 bits per heavy atom. The minimum absolute atomic E-state index is 0.0625. The third-order valence-electron chi connectivity index (χ3n) is 3.90. The molecule has 0 spiro atoms. The fourth-order valence-corrected chi connectivity index (χ4v) is 4.07. The van der Waals surface area contributed by atoms with Gasteiger partial charge in [-0.05, 0) is 25.3 Å². The van der Waals surface area contributed by atoms with Crippen LogP contribution in [0, 0.1) is 0 Å². The highest BCUT2D eigenvalue weighted by Crippen LogP contribution is 2.27. The zero-order valence-electron chi connectivity index (χ0n) is 13.8. The molecule has 0 unspecified atom stereocenters. The Balaban J connectivity index is 1.84. The second-order valence-electron chi connectivity index (χ2n) is 5.99. The molecule has 0 bridgehead atoms. The van der Waals surface area contributed by atoms with Crippen molar-refractivity contribution in [3.63, 3.8) is 0 Å². The first-order chi connectivity index (χ1) is 11.6. The molecule has 0 saturated carbocycles. The first kappa shape index (κ1) is 19.7. The maximum atomic E-state index is 12.5. The number of carbonyl (C=O) groups is 1. The Bertz CT molecular complexity index is 694. The zero-order chi connectivity index (χ0) is 18.7. The highest BCUT2D eigenvalue weighted by molar-refractivity contribution is 7.89. The van der Waals surface area contributed by atoms with Crippen LogP contribution in [0.4, 0.5) is 13.2 Å². The Morgan fingerprint density at radius 1 is 1.36 bits per heavy atom. The van der Waals surface area contributed by atoms with E-state index in [2.05, 4.69) is 9.82 Å². The number of piperidine rings is 1. The number of likely N-dealkylation sites (tertiary alicyclic amines) is 1. The molecular formula is C14H21F3N4O3S. The van der Waals surface area contributed by atoms with Crippen LogP contribution in [-0.2, 0) is 27.5 Å². The molecule has 1 saturated heterocycles. The minimum atomic E-state index is -4.54. The normalized spacial score (nSPS) is 17.0. The summed E-state index contributed by atoms with van der Waals surface area (Å²) < 4.78 is 64.6. The number of hydrogen-bond acceptors (Lipinski definition) is 4. The van der Waals surface area contributed by atoms with E-state index < -0.39 is 21.9 Å². The van der Waals surface area contributed by atoms with Crippen LogP contribution in [0.3, 0.4) is 0 Å². The Morgan fingerprint density at radius 2 is 2.00 bits per heavy atom. The number of amides is 1. The van der Waals surface area contributed by atoms with Gasteiger partial charge in [0.05, 0.1) is 5.75 Å². The van der Waals surface area contributed by atoms with Crippen LogP contribution >= 0.6 is 0 Å². The second-order valence-corrected chi connectivity index (χ2v) is 7.86. The van der Waals surface area contributed by atoms with Crippen LogP contribution in [-0.4, -0.2) is 53.9 Å². The van der Waals surface area contributed by atoms with Crippen LogP contribution < -0.4 is 4.72 Å². The standard InChI is InChI=1S/C14H21F3N4O3S/c1-2-9-25(23,24)19-11-3-6-20(7-4-11)13(22)10-21-8-5-12(18-21)14(15,16)17/h5,8,11,19H,2-4,6-7,9-10H2,1H3. The van der Waals surface area contributed by atoms with Gasteiger partial charge in [-0.15, -0.1) is 0 Å². The summed E-state index contributed by atoms with van der Waals surface area (Å²) >= 11 is 0. The van der Waals surface area contributed by atoms with Crippen LogP contribution in [0.25, 0.3) is 0 Å². The van der Waals surface area contributed by atoms with E-state index >= 15 is 0 Å². The topological polar surface area (TPSA) is 84.3 Å².